The Balaban J connectivity index is 1.58. The van der Waals surface area contributed by atoms with Crippen molar-refractivity contribution in [3.8, 4) is 0 Å². The van der Waals surface area contributed by atoms with Gasteiger partial charge in [0.1, 0.15) is 0 Å². The van der Waals surface area contributed by atoms with Gasteiger partial charge in [-0.25, -0.2) is 0 Å². The van der Waals surface area contributed by atoms with Crippen LogP contribution in [0.1, 0.15) is 39.5 Å². The van der Waals surface area contributed by atoms with Crippen LogP contribution in [0.5, 0.6) is 0 Å². The second-order valence-corrected chi connectivity index (χ2v) is 7.69. The van der Waals surface area contributed by atoms with Crippen LogP contribution in [0, 0.1) is 5.92 Å². The summed E-state index contributed by atoms with van der Waals surface area (Å²) in [7, 11) is 0. The lowest BCUT2D eigenvalue weighted by Gasteiger charge is -2.37. The van der Waals surface area contributed by atoms with Crippen molar-refractivity contribution >= 4 is 23.3 Å². The summed E-state index contributed by atoms with van der Waals surface area (Å²) in [6.07, 6.45) is 3.63. The number of nitrogens with one attached hydrogen (secondary N) is 1. The van der Waals surface area contributed by atoms with Gasteiger partial charge in [0.2, 0.25) is 5.91 Å². The normalized spacial score (nSPS) is 26.9. The summed E-state index contributed by atoms with van der Waals surface area (Å²) in [6, 6.07) is 3.79. The predicted molar refractivity (Wildman–Crippen MR) is 93.2 cm³/mol. The third-order valence-electron chi connectivity index (χ3n) is 4.78. The lowest BCUT2D eigenvalue weighted by molar-refractivity contribution is -0.128. The number of piperidine rings is 1. The van der Waals surface area contributed by atoms with Gasteiger partial charge < -0.3 is 15.0 Å². The van der Waals surface area contributed by atoms with Crippen LogP contribution in [-0.4, -0.2) is 47.4 Å². The van der Waals surface area contributed by atoms with Gasteiger partial charge in [-0.1, -0.05) is 11.6 Å². The van der Waals surface area contributed by atoms with E-state index in [2.05, 4.69) is 34.3 Å². The maximum absolute atomic E-state index is 12.7. The van der Waals surface area contributed by atoms with E-state index in [4.69, 9.17) is 16.3 Å². The van der Waals surface area contributed by atoms with Crippen LogP contribution in [0.3, 0.4) is 0 Å². The Labute approximate surface area is 147 Å². The highest BCUT2D eigenvalue weighted by Crippen LogP contribution is 2.26. The van der Waals surface area contributed by atoms with Crippen LogP contribution >= 0.6 is 11.6 Å². The fraction of sp³-hybridized carbons (Fsp3) is 0.706. The topological polar surface area (TPSA) is 67.4 Å². The van der Waals surface area contributed by atoms with Crippen LogP contribution in [-0.2, 0) is 9.53 Å². The molecule has 2 aliphatic heterocycles. The summed E-state index contributed by atoms with van der Waals surface area (Å²) >= 11 is 5.79. The third-order valence-corrected chi connectivity index (χ3v) is 4.98. The monoisotopic (exact) mass is 352 g/mol. The van der Waals surface area contributed by atoms with Gasteiger partial charge in [-0.2, -0.15) is 0 Å². The molecule has 2 saturated heterocycles. The SMILES string of the molecule is CC1(C)C[C@H](NC(=O)[C@@H]2CCCN(c3ccc(Cl)nn3)C2)CCO1. The Morgan fingerprint density at radius 2 is 2.21 bits per heavy atom. The highest BCUT2D eigenvalue weighted by Gasteiger charge is 2.32. The molecule has 132 valence electrons. The molecule has 7 heteroatoms. The van der Waals surface area contributed by atoms with Crippen LogP contribution in [0.4, 0.5) is 5.82 Å². The molecule has 0 aliphatic carbocycles. The van der Waals surface area contributed by atoms with Gasteiger partial charge in [0, 0.05) is 25.7 Å². The molecule has 24 heavy (non-hydrogen) atoms. The van der Waals surface area contributed by atoms with E-state index in [9.17, 15) is 4.79 Å². The molecule has 1 amide bonds. The third kappa shape index (κ3) is 4.36. The number of hydrogen-bond acceptors (Lipinski definition) is 5. The van der Waals surface area contributed by atoms with E-state index in [1.54, 1.807) is 6.07 Å². The lowest BCUT2D eigenvalue weighted by atomic mass is 9.92. The van der Waals surface area contributed by atoms with Crippen LogP contribution in [0.25, 0.3) is 0 Å². The van der Waals surface area contributed by atoms with E-state index in [1.165, 1.54) is 0 Å². The zero-order chi connectivity index (χ0) is 17.2. The molecule has 0 aromatic carbocycles. The highest BCUT2D eigenvalue weighted by atomic mass is 35.5. The van der Waals surface area contributed by atoms with Crippen LogP contribution in [0.15, 0.2) is 12.1 Å². The number of rotatable bonds is 3. The standard InChI is InChI=1S/C17H25ClN4O2/c1-17(2)10-13(7-9-24-17)19-16(23)12-4-3-8-22(11-12)15-6-5-14(18)20-21-15/h5-6,12-13H,3-4,7-11H2,1-2H3,(H,19,23)/t12-,13-/m1/s1. The quantitative estimate of drug-likeness (QED) is 0.904. The zero-order valence-electron chi connectivity index (χ0n) is 14.3. The number of carbonyl (C=O) groups excluding carboxylic acids is 1. The predicted octanol–water partition coefficient (Wildman–Crippen LogP) is 2.42. The Morgan fingerprint density at radius 3 is 2.92 bits per heavy atom. The van der Waals surface area contributed by atoms with E-state index >= 15 is 0 Å². The first-order valence-electron chi connectivity index (χ1n) is 8.61. The summed E-state index contributed by atoms with van der Waals surface area (Å²) in [6.45, 7) is 6.42. The second kappa shape index (κ2) is 7.23. The van der Waals surface area contributed by atoms with Crippen molar-refractivity contribution in [1.82, 2.24) is 15.5 Å². The fourth-order valence-corrected chi connectivity index (χ4v) is 3.65. The number of aromatic nitrogens is 2. The van der Waals surface area contributed by atoms with Gasteiger partial charge in [-0.15, -0.1) is 10.2 Å². The molecule has 0 bridgehead atoms. The van der Waals surface area contributed by atoms with E-state index in [1.807, 2.05) is 6.07 Å². The molecule has 2 atom stereocenters. The molecule has 3 heterocycles. The molecule has 1 aromatic rings. The van der Waals surface area contributed by atoms with Crippen molar-refractivity contribution in [1.29, 1.82) is 0 Å². The van der Waals surface area contributed by atoms with E-state index in [-0.39, 0.29) is 23.5 Å². The van der Waals surface area contributed by atoms with Gasteiger partial charge in [0.25, 0.3) is 0 Å². The molecule has 0 radical (unpaired) electrons. The first kappa shape index (κ1) is 17.4. The molecule has 2 aliphatic rings. The van der Waals surface area contributed by atoms with Gasteiger partial charge in [0.15, 0.2) is 11.0 Å². The maximum atomic E-state index is 12.7. The first-order chi connectivity index (χ1) is 11.4. The molecule has 0 unspecified atom stereocenters. The van der Waals surface area contributed by atoms with Crippen molar-refractivity contribution in [3.05, 3.63) is 17.3 Å². The molecule has 0 spiro atoms. The van der Waals surface area contributed by atoms with Gasteiger partial charge in [-0.05, 0) is 51.7 Å². The summed E-state index contributed by atoms with van der Waals surface area (Å²) < 4.78 is 5.72. The van der Waals surface area contributed by atoms with Gasteiger partial charge in [-0.3, -0.25) is 4.79 Å². The summed E-state index contributed by atoms with van der Waals surface area (Å²) in [5.41, 5.74) is -0.159. The van der Waals surface area contributed by atoms with Crippen molar-refractivity contribution in [2.45, 2.75) is 51.2 Å². The van der Waals surface area contributed by atoms with Gasteiger partial charge in [0.05, 0.1) is 11.5 Å². The maximum Gasteiger partial charge on any atom is 0.225 e. The van der Waals surface area contributed by atoms with Crippen molar-refractivity contribution in [2.75, 3.05) is 24.6 Å². The molecule has 2 fully saturated rings. The lowest BCUT2D eigenvalue weighted by Crippen LogP contribution is -2.50. The minimum atomic E-state index is -0.159. The molecule has 0 saturated carbocycles. The average Bonchev–Trinajstić information content (AvgIpc) is 2.55. The molecular formula is C17H25ClN4O2. The highest BCUT2D eigenvalue weighted by molar-refractivity contribution is 6.29. The first-order valence-corrected chi connectivity index (χ1v) is 8.99. The fourth-order valence-electron chi connectivity index (χ4n) is 3.55. The van der Waals surface area contributed by atoms with Crippen molar-refractivity contribution in [2.24, 2.45) is 5.92 Å². The van der Waals surface area contributed by atoms with E-state index in [0.29, 0.717) is 18.3 Å². The Bertz CT molecular complexity index is 578. The number of ether oxygens (including phenoxy) is 1. The number of amides is 1. The average molecular weight is 353 g/mol. The second-order valence-electron chi connectivity index (χ2n) is 7.31. The van der Waals surface area contributed by atoms with Crippen LogP contribution in [0.2, 0.25) is 5.15 Å². The Morgan fingerprint density at radius 1 is 1.38 bits per heavy atom. The number of halogens is 1. The Hall–Kier alpha value is -1.40. The summed E-state index contributed by atoms with van der Waals surface area (Å²) in [4.78, 5) is 14.8. The zero-order valence-corrected chi connectivity index (χ0v) is 15.1. The minimum Gasteiger partial charge on any atom is -0.375 e. The van der Waals surface area contributed by atoms with Crippen LogP contribution < -0.4 is 10.2 Å². The molecule has 1 N–H and O–H groups in total. The Kier molecular flexibility index (Phi) is 5.25. The molecule has 3 rings (SSSR count). The smallest absolute Gasteiger partial charge is 0.225 e. The summed E-state index contributed by atoms with van der Waals surface area (Å²) in [5.74, 6) is 0.913. The molecule has 1 aromatic heterocycles. The minimum absolute atomic E-state index is 0.0119. The number of anilines is 1. The van der Waals surface area contributed by atoms with E-state index in [0.717, 1.165) is 38.0 Å². The van der Waals surface area contributed by atoms with Gasteiger partial charge >= 0.3 is 0 Å². The largest absolute Gasteiger partial charge is 0.375 e. The molecular weight excluding hydrogens is 328 g/mol. The summed E-state index contributed by atoms with van der Waals surface area (Å²) in [5, 5.41) is 11.6. The number of nitrogens with zero attached hydrogens (tertiary/aromatic N) is 3. The molecule has 6 nitrogen and oxygen atoms in total. The number of hydrogen-bond donors (Lipinski definition) is 1. The van der Waals surface area contributed by atoms with Crippen molar-refractivity contribution in [3.63, 3.8) is 0 Å². The van der Waals surface area contributed by atoms with E-state index < -0.39 is 0 Å². The number of carbonyl (C=O) groups is 1. The van der Waals surface area contributed by atoms with Crippen molar-refractivity contribution < 1.29 is 9.53 Å².